The molecule has 110 valence electrons. The van der Waals surface area contributed by atoms with E-state index in [2.05, 4.69) is 4.72 Å². The molecule has 20 heavy (non-hydrogen) atoms. The Kier molecular flexibility index (Phi) is 5.32. The van der Waals surface area contributed by atoms with Crippen LogP contribution in [0.1, 0.15) is 51.2 Å². The monoisotopic (exact) mass is 294 g/mol. The summed E-state index contributed by atoms with van der Waals surface area (Å²) in [5.41, 5.74) is 0.655. The maximum atomic E-state index is 12.6. The summed E-state index contributed by atoms with van der Waals surface area (Å²) in [5.74, 6) is 0. The predicted octanol–water partition coefficient (Wildman–Crippen LogP) is 3.11. The Morgan fingerprint density at radius 2 is 1.75 bits per heavy atom. The van der Waals surface area contributed by atoms with Gasteiger partial charge in [0, 0.05) is 5.54 Å². The first-order valence-corrected chi connectivity index (χ1v) is 8.37. The van der Waals surface area contributed by atoms with Crippen molar-refractivity contribution in [2.75, 3.05) is 0 Å². The minimum atomic E-state index is -3.57. The Bertz CT molecular complexity index is 603. The van der Waals surface area contributed by atoms with Crippen LogP contribution in [0.5, 0.6) is 0 Å². The lowest BCUT2D eigenvalue weighted by Crippen LogP contribution is -2.47. The fourth-order valence-electron chi connectivity index (χ4n) is 2.33. The predicted molar refractivity (Wildman–Crippen MR) is 79.8 cm³/mol. The minimum Gasteiger partial charge on any atom is -0.207 e. The molecule has 0 radical (unpaired) electrons. The quantitative estimate of drug-likeness (QED) is 0.876. The third-order valence-corrected chi connectivity index (χ3v) is 5.71. The van der Waals surface area contributed by atoms with Crippen molar-refractivity contribution in [3.05, 3.63) is 29.3 Å². The maximum absolute atomic E-state index is 12.6. The van der Waals surface area contributed by atoms with Crippen molar-refractivity contribution in [3.63, 3.8) is 0 Å². The zero-order valence-electron chi connectivity index (χ0n) is 12.5. The van der Waals surface area contributed by atoms with E-state index in [1.165, 1.54) is 12.1 Å². The Balaban J connectivity index is 3.21. The van der Waals surface area contributed by atoms with E-state index in [9.17, 15) is 8.42 Å². The van der Waals surface area contributed by atoms with E-state index in [-0.39, 0.29) is 4.90 Å². The van der Waals surface area contributed by atoms with Crippen molar-refractivity contribution in [3.8, 4) is 6.07 Å². The van der Waals surface area contributed by atoms with Gasteiger partial charge in [0.25, 0.3) is 0 Å². The number of nitrogens with one attached hydrogen (secondary N) is 1. The van der Waals surface area contributed by atoms with Gasteiger partial charge in [0.05, 0.1) is 16.5 Å². The first-order chi connectivity index (χ1) is 9.34. The normalized spacial score (nSPS) is 12.2. The molecule has 0 saturated heterocycles. The molecule has 0 heterocycles. The van der Waals surface area contributed by atoms with Gasteiger partial charge in [0.1, 0.15) is 0 Å². The van der Waals surface area contributed by atoms with Crippen molar-refractivity contribution < 1.29 is 8.42 Å². The highest BCUT2D eigenvalue weighted by Crippen LogP contribution is 2.24. The van der Waals surface area contributed by atoms with Crippen LogP contribution >= 0.6 is 0 Å². The number of nitriles is 1. The molecule has 0 atom stereocenters. The van der Waals surface area contributed by atoms with Gasteiger partial charge >= 0.3 is 0 Å². The van der Waals surface area contributed by atoms with E-state index in [4.69, 9.17) is 5.26 Å². The second-order valence-corrected chi connectivity index (χ2v) is 6.69. The molecule has 0 aliphatic heterocycles. The van der Waals surface area contributed by atoms with E-state index >= 15 is 0 Å². The molecule has 0 unspecified atom stereocenters. The average molecular weight is 294 g/mol. The molecule has 0 aromatic heterocycles. The van der Waals surface area contributed by atoms with Gasteiger partial charge in [-0.05, 0) is 49.9 Å². The molecular weight excluding hydrogens is 272 g/mol. The number of benzene rings is 1. The molecule has 0 spiro atoms. The van der Waals surface area contributed by atoms with E-state index < -0.39 is 15.6 Å². The molecule has 1 aromatic carbocycles. The van der Waals surface area contributed by atoms with Crippen molar-refractivity contribution in [1.82, 2.24) is 4.72 Å². The fraction of sp³-hybridized carbons (Fsp3) is 0.533. The van der Waals surface area contributed by atoms with Crippen LogP contribution in [0, 0.1) is 18.3 Å². The number of hydrogen-bond acceptors (Lipinski definition) is 3. The van der Waals surface area contributed by atoms with Crippen molar-refractivity contribution in [2.45, 2.75) is 57.4 Å². The highest BCUT2D eigenvalue weighted by atomic mass is 32.2. The number of aryl methyl sites for hydroxylation is 1. The lowest BCUT2D eigenvalue weighted by atomic mass is 9.91. The summed E-state index contributed by atoms with van der Waals surface area (Å²) >= 11 is 0. The largest absolute Gasteiger partial charge is 0.241 e. The van der Waals surface area contributed by atoms with Crippen LogP contribution < -0.4 is 4.72 Å². The second-order valence-electron chi connectivity index (χ2n) is 5.04. The molecule has 1 N–H and O–H groups in total. The average Bonchev–Trinajstić information content (AvgIpc) is 2.44. The Morgan fingerprint density at radius 3 is 2.15 bits per heavy atom. The van der Waals surface area contributed by atoms with Crippen molar-refractivity contribution in [2.24, 2.45) is 0 Å². The summed E-state index contributed by atoms with van der Waals surface area (Å²) in [6.07, 6.45) is 2.23. The standard InChI is InChI=1S/C15H22N2O2S/c1-5-15(6-2,7-3)17-20(18,19)14-9-8-13(11-16)10-12(14)4/h8-10,17H,5-7H2,1-4H3. The minimum absolute atomic E-state index is 0.247. The molecule has 1 aromatic rings. The molecule has 4 nitrogen and oxygen atoms in total. The summed E-state index contributed by atoms with van der Waals surface area (Å²) in [6, 6.07) is 6.65. The Hall–Kier alpha value is -1.38. The van der Waals surface area contributed by atoms with Gasteiger partial charge in [-0.1, -0.05) is 20.8 Å². The number of rotatable bonds is 6. The first kappa shape index (κ1) is 16.7. The zero-order chi connectivity index (χ0) is 15.4. The lowest BCUT2D eigenvalue weighted by molar-refractivity contribution is 0.341. The van der Waals surface area contributed by atoms with Crippen LogP contribution in [-0.4, -0.2) is 14.0 Å². The van der Waals surface area contributed by atoms with E-state index in [1.54, 1.807) is 13.0 Å². The molecule has 0 aliphatic carbocycles. The number of nitrogens with zero attached hydrogens (tertiary/aromatic N) is 1. The Labute approximate surface area is 121 Å². The van der Waals surface area contributed by atoms with E-state index in [0.29, 0.717) is 11.1 Å². The van der Waals surface area contributed by atoms with Crippen LogP contribution in [0.4, 0.5) is 0 Å². The number of hydrogen-bond donors (Lipinski definition) is 1. The van der Waals surface area contributed by atoms with Gasteiger partial charge in [0.15, 0.2) is 0 Å². The highest BCUT2D eigenvalue weighted by Gasteiger charge is 2.31. The summed E-state index contributed by atoms with van der Waals surface area (Å²) in [4.78, 5) is 0.247. The smallest absolute Gasteiger partial charge is 0.207 e. The van der Waals surface area contributed by atoms with Gasteiger partial charge in [0.2, 0.25) is 10.0 Å². The lowest BCUT2D eigenvalue weighted by Gasteiger charge is -2.31. The molecule has 0 saturated carbocycles. The third kappa shape index (κ3) is 3.38. The summed E-state index contributed by atoms with van der Waals surface area (Å²) in [7, 11) is -3.57. The molecule has 1 rings (SSSR count). The molecule has 0 aliphatic rings. The van der Waals surface area contributed by atoms with Gasteiger partial charge < -0.3 is 0 Å². The van der Waals surface area contributed by atoms with E-state index in [1.807, 2.05) is 26.8 Å². The summed E-state index contributed by atoms with van der Waals surface area (Å²) < 4.78 is 27.9. The molecule has 0 amide bonds. The van der Waals surface area contributed by atoms with Crippen LogP contribution in [0.25, 0.3) is 0 Å². The topological polar surface area (TPSA) is 70.0 Å². The zero-order valence-corrected chi connectivity index (χ0v) is 13.3. The highest BCUT2D eigenvalue weighted by molar-refractivity contribution is 7.89. The molecule has 0 bridgehead atoms. The third-order valence-electron chi connectivity index (χ3n) is 3.97. The summed E-state index contributed by atoms with van der Waals surface area (Å²) in [6.45, 7) is 7.67. The first-order valence-electron chi connectivity index (χ1n) is 6.89. The fourth-order valence-corrected chi connectivity index (χ4v) is 4.17. The van der Waals surface area contributed by atoms with Crippen LogP contribution in [0.2, 0.25) is 0 Å². The van der Waals surface area contributed by atoms with Crippen molar-refractivity contribution in [1.29, 1.82) is 5.26 Å². The molecule has 5 heteroatoms. The molecule has 0 fully saturated rings. The SMILES string of the molecule is CCC(CC)(CC)NS(=O)(=O)c1ccc(C#N)cc1C. The van der Waals surface area contributed by atoms with Gasteiger partial charge in [-0.25, -0.2) is 13.1 Å². The van der Waals surface area contributed by atoms with Crippen LogP contribution in [0.3, 0.4) is 0 Å². The number of sulfonamides is 1. The van der Waals surface area contributed by atoms with Crippen LogP contribution in [0.15, 0.2) is 23.1 Å². The summed E-state index contributed by atoms with van der Waals surface area (Å²) in [5, 5.41) is 8.84. The maximum Gasteiger partial charge on any atom is 0.241 e. The Morgan fingerprint density at radius 1 is 1.20 bits per heavy atom. The van der Waals surface area contributed by atoms with Crippen molar-refractivity contribution >= 4 is 10.0 Å². The van der Waals surface area contributed by atoms with Gasteiger partial charge in [-0.2, -0.15) is 5.26 Å². The second kappa shape index (κ2) is 6.38. The van der Waals surface area contributed by atoms with Gasteiger partial charge in [-0.3, -0.25) is 0 Å². The van der Waals surface area contributed by atoms with Gasteiger partial charge in [-0.15, -0.1) is 0 Å². The van der Waals surface area contributed by atoms with Crippen LogP contribution in [-0.2, 0) is 10.0 Å². The molecular formula is C15H22N2O2S. The van der Waals surface area contributed by atoms with E-state index in [0.717, 1.165) is 19.3 Å².